The van der Waals surface area contributed by atoms with Crippen molar-refractivity contribution < 1.29 is 23.9 Å². The van der Waals surface area contributed by atoms with Crippen LogP contribution in [0.25, 0.3) is 11.4 Å². The van der Waals surface area contributed by atoms with Crippen LogP contribution in [-0.4, -0.2) is 71.6 Å². The molecule has 1 aliphatic rings. The Bertz CT molecular complexity index is 1290. The summed E-state index contributed by atoms with van der Waals surface area (Å²) in [7, 11) is 1.57. The molecule has 1 atom stereocenters. The predicted octanol–water partition coefficient (Wildman–Crippen LogP) is 3.12. The number of aryl methyl sites for hydroxylation is 1. The second-order valence-electron chi connectivity index (χ2n) is 9.99. The van der Waals surface area contributed by atoms with Gasteiger partial charge in [0.2, 0.25) is 17.7 Å². The van der Waals surface area contributed by atoms with Gasteiger partial charge in [0.1, 0.15) is 18.5 Å². The molecule has 10 nitrogen and oxygen atoms in total. The van der Waals surface area contributed by atoms with Gasteiger partial charge in [0.15, 0.2) is 11.5 Å². The SMILES string of the molecule is COc1ccc2cc1OCCN(C(=O)CCCc1cccs1)CC(=O)N[C@H](C(C)C)C(=O)NCCn1ccnc1-2. The Morgan fingerprint density at radius 3 is 2.85 bits per heavy atom. The number of hydrogen-bond donors (Lipinski definition) is 2. The van der Waals surface area contributed by atoms with E-state index >= 15 is 0 Å². The molecule has 214 valence electrons. The number of imidazole rings is 1. The van der Waals surface area contributed by atoms with Crippen molar-refractivity contribution in [3.05, 3.63) is 53.0 Å². The molecule has 2 N–H and O–H groups in total. The van der Waals surface area contributed by atoms with Crippen LogP contribution >= 0.6 is 11.3 Å². The summed E-state index contributed by atoms with van der Waals surface area (Å²) >= 11 is 1.66. The number of benzene rings is 1. The monoisotopic (exact) mass is 567 g/mol. The minimum Gasteiger partial charge on any atom is -0.493 e. The van der Waals surface area contributed by atoms with Crippen LogP contribution in [0, 0.1) is 5.92 Å². The summed E-state index contributed by atoms with van der Waals surface area (Å²) in [5.74, 6) is 0.866. The number of methoxy groups -OCH3 is 1. The van der Waals surface area contributed by atoms with E-state index in [1.54, 1.807) is 24.6 Å². The highest BCUT2D eigenvalue weighted by atomic mass is 32.1. The molecule has 0 saturated carbocycles. The van der Waals surface area contributed by atoms with Crippen molar-refractivity contribution in [2.24, 2.45) is 5.92 Å². The minimum absolute atomic E-state index is 0.137. The highest BCUT2D eigenvalue weighted by molar-refractivity contribution is 7.09. The Labute approximate surface area is 238 Å². The van der Waals surface area contributed by atoms with Crippen LogP contribution in [0.5, 0.6) is 11.5 Å². The van der Waals surface area contributed by atoms with Gasteiger partial charge < -0.3 is 29.6 Å². The van der Waals surface area contributed by atoms with E-state index in [1.807, 2.05) is 54.3 Å². The summed E-state index contributed by atoms with van der Waals surface area (Å²) < 4.78 is 13.5. The van der Waals surface area contributed by atoms with Crippen LogP contribution in [0.15, 0.2) is 48.1 Å². The fraction of sp³-hybridized carbons (Fsp3) is 0.448. The smallest absolute Gasteiger partial charge is 0.242 e. The van der Waals surface area contributed by atoms with E-state index in [0.29, 0.717) is 37.4 Å². The van der Waals surface area contributed by atoms with Crippen molar-refractivity contribution in [2.75, 3.05) is 33.4 Å². The van der Waals surface area contributed by atoms with E-state index < -0.39 is 6.04 Å². The van der Waals surface area contributed by atoms with E-state index in [4.69, 9.17) is 9.47 Å². The Kier molecular flexibility index (Phi) is 10.2. The topological polar surface area (TPSA) is 115 Å². The van der Waals surface area contributed by atoms with Gasteiger partial charge in [0, 0.05) is 42.3 Å². The molecular formula is C29H37N5O5S. The predicted molar refractivity (Wildman–Crippen MR) is 153 cm³/mol. The van der Waals surface area contributed by atoms with E-state index in [9.17, 15) is 14.4 Å². The lowest BCUT2D eigenvalue weighted by molar-refractivity contribution is -0.137. The normalized spacial score (nSPS) is 16.9. The first-order valence-electron chi connectivity index (χ1n) is 13.5. The molecule has 3 amide bonds. The molecule has 0 saturated heterocycles. The molecule has 0 unspecified atom stereocenters. The molecule has 40 heavy (non-hydrogen) atoms. The summed E-state index contributed by atoms with van der Waals surface area (Å²) in [5.41, 5.74) is 0.829. The summed E-state index contributed by atoms with van der Waals surface area (Å²) in [6.45, 7) is 4.80. The van der Waals surface area contributed by atoms with Crippen molar-refractivity contribution in [3.63, 3.8) is 0 Å². The van der Waals surface area contributed by atoms with Crippen molar-refractivity contribution >= 4 is 29.1 Å². The third-order valence-corrected chi connectivity index (χ3v) is 7.69. The van der Waals surface area contributed by atoms with E-state index in [-0.39, 0.29) is 43.3 Å². The summed E-state index contributed by atoms with van der Waals surface area (Å²) in [6.07, 6.45) is 5.34. The maximum atomic E-state index is 13.2. The third kappa shape index (κ3) is 7.62. The quantitative estimate of drug-likeness (QED) is 0.473. The lowest BCUT2D eigenvalue weighted by Gasteiger charge is -2.26. The Morgan fingerprint density at radius 1 is 1.25 bits per heavy atom. The molecule has 2 aromatic heterocycles. The number of rotatable bonds is 6. The molecule has 1 aliphatic heterocycles. The molecule has 0 fully saturated rings. The van der Waals surface area contributed by atoms with Gasteiger partial charge >= 0.3 is 0 Å². The second-order valence-corrected chi connectivity index (χ2v) is 11.0. The van der Waals surface area contributed by atoms with E-state index in [0.717, 1.165) is 17.8 Å². The molecule has 1 aromatic carbocycles. The fourth-order valence-electron chi connectivity index (χ4n) is 4.60. The van der Waals surface area contributed by atoms with E-state index in [1.165, 1.54) is 9.78 Å². The average molecular weight is 568 g/mol. The highest BCUT2D eigenvalue weighted by Gasteiger charge is 2.26. The largest absolute Gasteiger partial charge is 0.493 e. The van der Waals surface area contributed by atoms with Gasteiger partial charge in [0.05, 0.1) is 20.2 Å². The number of nitrogens with zero attached hydrogens (tertiary/aromatic N) is 3. The summed E-state index contributed by atoms with van der Waals surface area (Å²) in [4.78, 5) is 46.5. The molecular weight excluding hydrogens is 530 g/mol. The first-order chi connectivity index (χ1) is 19.4. The zero-order valence-electron chi connectivity index (χ0n) is 23.2. The van der Waals surface area contributed by atoms with Gasteiger partial charge in [0.25, 0.3) is 0 Å². The van der Waals surface area contributed by atoms with Crippen LogP contribution in [0.1, 0.15) is 31.6 Å². The van der Waals surface area contributed by atoms with Crippen LogP contribution in [0.4, 0.5) is 0 Å². The summed E-state index contributed by atoms with van der Waals surface area (Å²) in [6, 6.07) is 8.89. The molecule has 0 spiro atoms. The molecule has 4 rings (SSSR count). The Balaban J connectivity index is 1.56. The standard InChI is InChI=1S/C29H37N5O5S/c1-20(2)27-29(37)31-12-14-33-13-11-30-28(33)21-9-10-23(38-3)24(18-21)39-16-15-34(19-25(35)32-27)26(36)8-4-6-22-7-5-17-40-22/h5,7,9-11,13,17-18,20,27H,4,6,8,12,14-16,19H2,1-3H3,(H,31,37)(H,32,35)/t27-/m1/s1. The molecule has 2 bridgehead atoms. The Morgan fingerprint density at radius 2 is 2.10 bits per heavy atom. The van der Waals surface area contributed by atoms with Gasteiger partial charge in [-0.1, -0.05) is 19.9 Å². The number of amides is 3. The van der Waals surface area contributed by atoms with Gasteiger partial charge in [-0.3, -0.25) is 14.4 Å². The number of hydrogen-bond acceptors (Lipinski definition) is 7. The van der Waals surface area contributed by atoms with Gasteiger partial charge in [-0.2, -0.15) is 0 Å². The lowest BCUT2D eigenvalue weighted by Crippen LogP contribution is -2.53. The van der Waals surface area contributed by atoms with Crippen LogP contribution in [-0.2, 0) is 27.3 Å². The molecule has 0 aliphatic carbocycles. The maximum Gasteiger partial charge on any atom is 0.242 e. The number of carbonyl (C=O) groups excluding carboxylic acids is 3. The molecule has 3 heterocycles. The highest BCUT2D eigenvalue weighted by Crippen LogP contribution is 2.32. The van der Waals surface area contributed by atoms with Crippen molar-refractivity contribution in [3.8, 4) is 22.9 Å². The Hall–Kier alpha value is -3.86. The molecule has 11 heteroatoms. The number of thiophene rings is 1. The number of nitrogens with one attached hydrogen (secondary N) is 2. The van der Waals surface area contributed by atoms with Crippen molar-refractivity contribution in [1.29, 1.82) is 0 Å². The number of ether oxygens (including phenoxy) is 2. The zero-order chi connectivity index (χ0) is 28.5. The summed E-state index contributed by atoms with van der Waals surface area (Å²) in [5, 5.41) is 7.79. The number of aromatic nitrogens is 2. The third-order valence-electron chi connectivity index (χ3n) is 6.75. The van der Waals surface area contributed by atoms with Crippen LogP contribution in [0.2, 0.25) is 0 Å². The van der Waals surface area contributed by atoms with Crippen molar-refractivity contribution in [2.45, 2.75) is 45.7 Å². The number of carbonyl (C=O) groups is 3. The van der Waals surface area contributed by atoms with Crippen LogP contribution in [0.3, 0.4) is 0 Å². The minimum atomic E-state index is -0.725. The average Bonchev–Trinajstić information content (AvgIpc) is 3.63. The van der Waals surface area contributed by atoms with Gasteiger partial charge in [-0.05, 0) is 48.4 Å². The maximum absolute atomic E-state index is 13.2. The lowest BCUT2D eigenvalue weighted by atomic mass is 10.0. The fourth-order valence-corrected chi connectivity index (χ4v) is 5.35. The molecule has 0 radical (unpaired) electrons. The second kappa shape index (κ2) is 14.0. The molecule has 3 aromatic rings. The van der Waals surface area contributed by atoms with Crippen molar-refractivity contribution in [1.82, 2.24) is 25.1 Å². The van der Waals surface area contributed by atoms with Gasteiger partial charge in [-0.15, -0.1) is 11.3 Å². The number of fused-ring (bicyclic) bond motifs is 4. The zero-order valence-corrected chi connectivity index (χ0v) is 24.0. The first kappa shape index (κ1) is 29.1. The van der Waals surface area contributed by atoms with Gasteiger partial charge in [-0.25, -0.2) is 4.98 Å². The van der Waals surface area contributed by atoms with Crippen LogP contribution < -0.4 is 20.1 Å². The van der Waals surface area contributed by atoms with E-state index in [2.05, 4.69) is 21.7 Å². The first-order valence-corrected chi connectivity index (χ1v) is 14.4.